The van der Waals surface area contributed by atoms with Gasteiger partial charge in [-0.2, -0.15) is 0 Å². The summed E-state index contributed by atoms with van der Waals surface area (Å²) in [5, 5.41) is 0. The topological polar surface area (TPSA) is 38.8 Å². The summed E-state index contributed by atoms with van der Waals surface area (Å²) in [7, 11) is 1.64. The summed E-state index contributed by atoms with van der Waals surface area (Å²) in [5.74, 6) is 1.34. The van der Waals surface area contributed by atoms with Gasteiger partial charge in [0.05, 0.1) is 19.6 Å². The van der Waals surface area contributed by atoms with Crippen molar-refractivity contribution < 1.29 is 14.3 Å². The molecule has 1 amide bonds. The van der Waals surface area contributed by atoms with Gasteiger partial charge < -0.3 is 14.4 Å². The second-order valence-corrected chi connectivity index (χ2v) is 8.73. The van der Waals surface area contributed by atoms with E-state index in [4.69, 9.17) is 9.47 Å². The van der Waals surface area contributed by atoms with Crippen molar-refractivity contribution in [3.8, 4) is 11.5 Å². The monoisotopic (exact) mass is 479 g/mol. The predicted molar refractivity (Wildman–Crippen MR) is 127 cm³/mol. The molecule has 1 aliphatic rings. The molecule has 4 nitrogen and oxygen atoms in total. The van der Waals surface area contributed by atoms with Crippen LogP contribution in [0.1, 0.15) is 30.4 Å². The fraction of sp³-hybridized carbons (Fsp3) is 0.269. The quantitative estimate of drug-likeness (QED) is 0.451. The molecule has 0 N–H and O–H groups in total. The molecule has 0 spiro atoms. The fourth-order valence-electron chi connectivity index (χ4n) is 4.02. The van der Waals surface area contributed by atoms with Crippen LogP contribution in [0.4, 0.5) is 5.69 Å². The van der Waals surface area contributed by atoms with Crippen LogP contribution in [0.25, 0.3) is 0 Å². The number of aryl methyl sites for hydroxylation is 1. The highest BCUT2D eigenvalue weighted by atomic mass is 79.9. The maximum absolute atomic E-state index is 13.6. The van der Waals surface area contributed by atoms with Gasteiger partial charge in [0.15, 0.2) is 0 Å². The lowest BCUT2D eigenvalue weighted by molar-refractivity contribution is -0.120. The molecule has 0 bridgehead atoms. The Balaban J connectivity index is 1.63. The van der Waals surface area contributed by atoms with Crippen LogP contribution in [0, 0.1) is 0 Å². The van der Waals surface area contributed by atoms with Gasteiger partial charge in [-0.25, -0.2) is 0 Å². The number of anilines is 1. The Morgan fingerprint density at radius 3 is 2.58 bits per heavy atom. The number of hydrogen-bond donors (Lipinski definition) is 0. The van der Waals surface area contributed by atoms with E-state index in [9.17, 15) is 4.79 Å². The molecule has 0 aliphatic carbocycles. The molecule has 3 aromatic carbocycles. The molecule has 0 fully saturated rings. The van der Waals surface area contributed by atoms with Crippen molar-refractivity contribution in [2.45, 2.75) is 31.8 Å². The minimum atomic E-state index is -0.242. The highest BCUT2D eigenvalue weighted by Crippen LogP contribution is 2.33. The third-order valence-corrected chi connectivity index (χ3v) is 6.23. The van der Waals surface area contributed by atoms with E-state index in [0.29, 0.717) is 6.54 Å². The number of fused-ring (bicyclic) bond motifs is 1. The maximum Gasteiger partial charge on any atom is 0.234 e. The lowest BCUT2D eigenvalue weighted by Crippen LogP contribution is -2.41. The number of amides is 1. The van der Waals surface area contributed by atoms with Gasteiger partial charge >= 0.3 is 0 Å². The SMILES string of the molecule is COc1cccc(O[C@H]2CCc3cc(Br)ccc3N(C(=O)C(C)c3ccccc3)C2)c1. The van der Waals surface area contributed by atoms with Crippen LogP contribution in [0.2, 0.25) is 0 Å². The van der Waals surface area contributed by atoms with E-state index in [0.717, 1.165) is 45.6 Å². The molecular formula is C26H26BrNO3. The zero-order chi connectivity index (χ0) is 21.8. The average Bonchev–Trinajstić information content (AvgIpc) is 2.98. The van der Waals surface area contributed by atoms with Crippen LogP contribution in [-0.4, -0.2) is 25.7 Å². The molecule has 3 aromatic rings. The molecule has 0 radical (unpaired) electrons. The summed E-state index contributed by atoms with van der Waals surface area (Å²) in [6, 6.07) is 23.7. The molecule has 1 aliphatic heterocycles. The lowest BCUT2D eigenvalue weighted by atomic mass is 9.99. The number of rotatable bonds is 5. The normalized spacial score (nSPS) is 16.7. The van der Waals surface area contributed by atoms with Crippen LogP contribution in [0.5, 0.6) is 11.5 Å². The van der Waals surface area contributed by atoms with Gasteiger partial charge in [0.1, 0.15) is 17.6 Å². The van der Waals surface area contributed by atoms with Crippen molar-refractivity contribution in [3.05, 3.63) is 88.4 Å². The van der Waals surface area contributed by atoms with Gasteiger partial charge in [0.25, 0.3) is 0 Å². The van der Waals surface area contributed by atoms with Gasteiger partial charge in [0, 0.05) is 16.2 Å². The van der Waals surface area contributed by atoms with Gasteiger partial charge in [0.2, 0.25) is 5.91 Å². The maximum atomic E-state index is 13.6. The zero-order valence-corrected chi connectivity index (χ0v) is 19.3. The molecule has 0 aromatic heterocycles. The van der Waals surface area contributed by atoms with Gasteiger partial charge in [-0.3, -0.25) is 4.79 Å². The molecule has 5 heteroatoms. The van der Waals surface area contributed by atoms with E-state index < -0.39 is 0 Å². The van der Waals surface area contributed by atoms with Crippen molar-refractivity contribution >= 4 is 27.5 Å². The molecule has 4 rings (SSSR count). The standard InChI is InChI=1S/C26H26BrNO3/c1-18(19-7-4-3-5-8-19)26(29)28-17-24(31-23-10-6-9-22(16-23)30-2)13-11-20-15-21(27)12-14-25(20)28/h3-10,12,14-16,18,24H,11,13,17H2,1-2H3/t18?,24-/m0/s1. The molecule has 1 heterocycles. The Morgan fingerprint density at radius 2 is 1.81 bits per heavy atom. The van der Waals surface area contributed by atoms with Gasteiger partial charge in [-0.05, 0) is 61.2 Å². The Kier molecular flexibility index (Phi) is 6.62. The number of hydrogen-bond acceptors (Lipinski definition) is 3. The first-order chi connectivity index (χ1) is 15.0. The highest BCUT2D eigenvalue weighted by Gasteiger charge is 2.30. The summed E-state index contributed by atoms with van der Waals surface area (Å²) < 4.78 is 12.7. The zero-order valence-electron chi connectivity index (χ0n) is 17.8. The van der Waals surface area contributed by atoms with Crippen molar-refractivity contribution in [3.63, 3.8) is 0 Å². The van der Waals surface area contributed by atoms with E-state index in [-0.39, 0.29) is 17.9 Å². The largest absolute Gasteiger partial charge is 0.497 e. The molecular weight excluding hydrogens is 454 g/mol. The molecule has 0 saturated carbocycles. The summed E-state index contributed by atoms with van der Waals surface area (Å²) in [5.41, 5.74) is 3.13. The second kappa shape index (κ2) is 9.56. The van der Waals surface area contributed by atoms with Crippen LogP contribution >= 0.6 is 15.9 Å². The van der Waals surface area contributed by atoms with Gasteiger partial charge in [-0.15, -0.1) is 0 Å². The average molecular weight is 480 g/mol. The molecule has 2 atom stereocenters. The molecule has 1 unspecified atom stereocenters. The van der Waals surface area contributed by atoms with Crippen LogP contribution in [0.3, 0.4) is 0 Å². The summed E-state index contributed by atoms with van der Waals surface area (Å²) in [6.45, 7) is 2.47. The predicted octanol–water partition coefficient (Wildman–Crippen LogP) is 5.99. The number of ether oxygens (including phenoxy) is 2. The highest BCUT2D eigenvalue weighted by molar-refractivity contribution is 9.10. The summed E-state index contributed by atoms with van der Waals surface area (Å²) in [4.78, 5) is 15.5. The van der Waals surface area contributed by atoms with Crippen LogP contribution in [-0.2, 0) is 11.2 Å². The molecule has 160 valence electrons. The lowest BCUT2D eigenvalue weighted by Gasteiger charge is -2.29. The van der Waals surface area contributed by atoms with E-state index in [2.05, 4.69) is 22.0 Å². The van der Waals surface area contributed by atoms with Crippen molar-refractivity contribution in [2.75, 3.05) is 18.6 Å². The number of methoxy groups -OCH3 is 1. The minimum Gasteiger partial charge on any atom is -0.497 e. The van der Waals surface area contributed by atoms with Crippen molar-refractivity contribution in [2.24, 2.45) is 0 Å². The number of halogens is 1. The smallest absolute Gasteiger partial charge is 0.234 e. The van der Waals surface area contributed by atoms with E-state index in [1.165, 1.54) is 0 Å². The third kappa shape index (κ3) is 4.93. The minimum absolute atomic E-state index is 0.0796. The third-order valence-electron chi connectivity index (χ3n) is 5.73. The Labute approximate surface area is 191 Å². The Hall–Kier alpha value is -2.79. The fourth-order valence-corrected chi connectivity index (χ4v) is 4.43. The van der Waals surface area contributed by atoms with Crippen molar-refractivity contribution in [1.29, 1.82) is 0 Å². The number of benzene rings is 3. The second-order valence-electron chi connectivity index (χ2n) is 7.81. The van der Waals surface area contributed by atoms with Crippen molar-refractivity contribution in [1.82, 2.24) is 0 Å². The first-order valence-corrected chi connectivity index (χ1v) is 11.3. The first kappa shape index (κ1) is 21.4. The Bertz CT molecular complexity index is 1050. The summed E-state index contributed by atoms with van der Waals surface area (Å²) in [6.07, 6.45) is 1.54. The first-order valence-electron chi connectivity index (χ1n) is 10.5. The number of nitrogens with zero attached hydrogens (tertiary/aromatic N) is 1. The van der Waals surface area contributed by atoms with Crippen LogP contribution < -0.4 is 14.4 Å². The van der Waals surface area contributed by atoms with Crippen LogP contribution in [0.15, 0.2) is 77.3 Å². The summed E-state index contributed by atoms with van der Waals surface area (Å²) >= 11 is 3.57. The molecule has 31 heavy (non-hydrogen) atoms. The van der Waals surface area contributed by atoms with E-state index >= 15 is 0 Å². The van der Waals surface area contributed by atoms with E-state index in [1.54, 1.807) is 7.11 Å². The van der Waals surface area contributed by atoms with Gasteiger partial charge in [-0.1, -0.05) is 52.3 Å². The number of carbonyl (C=O) groups is 1. The number of carbonyl (C=O) groups excluding carboxylic acids is 1. The Morgan fingerprint density at radius 1 is 1.03 bits per heavy atom. The molecule has 0 saturated heterocycles. The van der Waals surface area contributed by atoms with E-state index in [1.807, 2.05) is 78.6 Å².